The standard InChI is InChI=1S/C10H19NO10/c11-21-6(15)2-1-5(14)20-10(19)9(18)8(17)7(16)4(13)3-12/h4,7-10,12-13,16-19H,1-3,11H2/t4-,7-,8+,9-,10?/m1/s1. The molecule has 5 atom stereocenters. The van der Waals surface area contributed by atoms with Gasteiger partial charge in [0, 0.05) is 0 Å². The molecule has 0 amide bonds. The molecule has 0 aliphatic heterocycles. The van der Waals surface area contributed by atoms with Crippen LogP contribution in [0.5, 0.6) is 0 Å². The third kappa shape index (κ3) is 6.77. The van der Waals surface area contributed by atoms with Crippen LogP contribution in [0.1, 0.15) is 12.8 Å². The minimum absolute atomic E-state index is 0.424. The Labute approximate surface area is 119 Å². The number of hydrogen-bond donors (Lipinski definition) is 7. The SMILES string of the molecule is NOC(=O)CCC(=O)OC(O)[C@H](O)[C@@H](O)[C@H](O)[C@H](O)CO. The number of rotatable bonds is 9. The van der Waals surface area contributed by atoms with E-state index in [-0.39, 0.29) is 0 Å². The largest absolute Gasteiger partial charge is 0.433 e. The van der Waals surface area contributed by atoms with Crippen LogP contribution in [0.2, 0.25) is 0 Å². The monoisotopic (exact) mass is 313 g/mol. The van der Waals surface area contributed by atoms with E-state index in [4.69, 9.17) is 10.2 Å². The van der Waals surface area contributed by atoms with Crippen LogP contribution >= 0.6 is 0 Å². The summed E-state index contributed by atoms with van der Waals surface area (Å²) in [6.45, 7) is -0.901. The number of carbonyl (C=O) groups excluding carboxylic acids is 2. The first-order valence-electron chi connectivity index (χ1n) is 5.84. The van der Waals surface area contributed by atoms with Crippen LogP contribution in [0.3, 0.4) is 0 Å². The van der Waals surface area contributed by atoms with Crippen molar-refractivity contribution < 1.29 is 49.8 Å². The Morgan fingerprint density at radius 2 is 1.43 bits per heavy atom. The highest BCUT2D eigenvalue weighted by Crippen LogP contribution is 2.10. The van der Waals surface area contributed by atoms with Crippen molar-refractivity contribution in [2.75, 3.05) is 6.61 Å². The lowest BCUT2D eigenvalue weighted by Crippen LogP contribution is -2.50. The first-order chi connectivity index (χ1) is 9.74. The molecule has 8 N–H and O–H groups in total. The summed E-state index contributed by atoms with van der Waals surface area (Å²) < 4.78 is 4.29. The summed E-state index contributed by atoms with van der Waals surface area (Å²) in [6.07, 6.45) is -11.1. The van der Waals surface area contributed by atoms with Crippen molar-refractivity contribution in [3.8, 4) is 0 Å². The van der Waals surface area contributed by atoms with Gasteiger partial charge in [0.25, 0.3) is 0 Å². The van der Waals surface area contributed by atoms with Gasteiger partial charge in [-0.2, -0.15) is 5.90 Å². The van der Waals surface area contributed by atoms with Gasteiger partial charge in [0.2, 0.25) is 6.29 Å². The van der Waals surface area contributed by atoms with Crippen molar-refractivity contribution >= 4 is 11.9 Å². The third-order valence-electron chi connectivity index (χ3n) is 2.49. The van der Waals surface area contributed by atoms with Crippen molar-refractivity contribution in [3.05, 3.63) is 0 Å². The fourth-order valence-corrected chi connectivity index (χ4v) is 1.23. The van der Waals surface area contributed by atoms with Crippen LogP contribution in [-0.4, -0.2) is 79.9 Å². The Hall–Kier alpha value is -1.34. The molecule has 0 saturated heterocycles. The molecule has 0 aromatic heterocycles. The van der Waals surface area contributed by atoms with E-state index in [1.807, 2.05) is 0 Å². The smallest absolute Gasteiger partial charge is 0.325 e. The molecule has 0 saturated carbocycles. The van der Waals surface area contributed by atoms with Gasteiger partial charge in [0.1, 0.15) is 24.4 Å². The number of ether oxygens (including phenoxy) is 1. The Kier molecular flexibility index (Phi) is 8.96. The number of esters is 1. The van der Waals surface area contributed by atoms with Crippen LogP contribution in [0.15, 0.2) is 0 Å². The van der Waals surface area contributed by atoms with E-state index in [0.29, 0.717) is 0 Å². The van der Waals surface area contributed by atoms with E-state index in [1.54, 1.807) is 0 Å². The predicted molar refractivity (Wildman–Crippen MR) is 62.7 cm³/mol. The molecule has 11 heteroatoms. The molecule has 0 aliphatic rings. The van der Waals surface area contributed by atoms with Gasteiger partial charge >= 0.3 is 11.9 Å². The van der Waals surface area contributed by atoms with Crippen molar-refractivity contribution in [2.24, 2.45) is 5.90 Å². The van der Waals surface area contributed by atoms with E-state index in [1.165, 1.54) is 0 Å². The maximum absolute atomic E-state index is 11.2. The van der Waals surface area contributed by atoms with Gasteiger partial charge in [-0.3, -0.25) is 9.59 Å². The molecule has 0 heterocycles. The van der Waals surface area contributed by atoms with Crippen molar-refractivity contribution in [1.82, 2.24) is 0 Å². The second-order valence-corrected chi connectivity index (χ2v) is 4.09. The molecular weight excluding hydrogens is 294 g/mol. The number of aliphatic hydroxyl groups is 6. The summed E-state index contributed by atoms with van der Waals surface area (Å²) in [6, 6.07) is 0. The van der Waals surface area contributed by atoms with E-state index in [9.17, 15) is 30.0 Å². The number of aliphatic hydroxyl groups excluding tert-OH is 6. The lowest BCUT2D eigenvalue weighted by molar-refractivity contribution is -0.214. The molecule has 0 aromatic rings. The minimum Gasteiger partial charge on any atom is -0.433 e. The summed E-state index contributed by atoms with van der Waals surface area (Å²) in [5.74, 6) is 2.53. The molecule has 0 aliphatic carbocycles. The average molecular weight is 313 g/mol. The second kappa shape index (κ2) is 9.57. The van der Waals surface area contributed by atoms with Gasteiger partial charge < -0.3 is 40.2 Å². The fraction of sp³-hybridized carbons (Fsp3) is 0.800. The second-order valence-electron chi connectivity index (χ2n) is 4.09. The molecule has 1 unspecified atom stereocenters. The Bertz CT molecular complexity index is 338. The van der Waals surface area contributed by atoms with E-state index < -0.39 is 62.1 Å². The number of carbonyl (C=O) groups is 2. The molecule has 21 heavy (non-hydrogen) atoms. The van der Waals surface area contributed by atoms with Crippen LogP contribution in [0.4, 0.5) is 0 Å². The highest BCUT2D eigenvalue weighted by atomic mass is 16.7. The number of nitrogens with two attached hydrogens (primary N) is 1. The van der Waals surface area contributed by atoms with Gasteiger partial charge in [0.15, 0.2) is 0 Å². The highest BCUT2D eigenvalue weighted by Gasteiger charge is 2.35. The zero-order valence-corrected chi connectivity index (χ0v) is 10.9. The zero-order chi connectivity index (χ0) is 16.6. The predicted octanol–water partition coefficient (Wildman–Crippen LogP) is -4.52. The fourth-order valence-electron chi connectivity index (χ4n) is 1.23. The summed E-state index contributed by atoms with van der Waals surface area (Å²) in [5.41, 5.74) is 0. The average Bonchev–Trinajstić information content (AvgIpc) is 2.49. The topological polar surface area (TPSA) is 200 Å². The van der Waals surface area contributed by atoms with E-state index >= 15 is 0 Å². The quantitative estimate of drug-likeness (QED) is 0.123. The van der Waals surface area contributed by atoms with Crippen molar-refractivity contribution in [1.29, 1.82) is 0 Å². The van der Waals surface area contributed by atoms with Crippen molar-refractivity contribution in [2.45, 2.75) is 43.5 Å². The molecule has 0 fully saturated rings. The summed E-state index contributed by atoms with van der Waals surface area (Å²) >= 11 is 0. The van der Waals surface area contributed by atoms with Crippen LogP contribution in [0, 0.1) is 0 Å². The molecule has 0 bridgehead atoms. The molecule has 0 rings (SSSR count). The van der Waals surface area contributed by atoms with Crippen LogP contribution in [0.25, 0.3) is 0 Å². The molecule has 124 valence electrons. The summed E-state index contributed by atoms with van der Waals surface area (Å²) in [5, 5.41) is 55.1. The molecule has 0 aromatic carbocycles. The Balaban J connectivity index is 4.34. The van der Waals surface area contributed by atoms with Gasteiger partial charge in [-0.25, -0.2) is 0 Å². The molecule has 11 nitrogen and oxygen atoms in total. The van der Waals surface area contributed by atoms with Crippen LogP contribution < -0.4 is 5.90 Å². The highest BCUT2D eigenvalue weighted by molar-refractivity contribution is 5.77. The lowest BCUT2D eigenvalue weighted by Gasteiger charge is -2.27. The maximum Gasteiger partial charge on any atom is 0.325 e. The first-order valence-corrected chi connectivity index (χ1v) is 5.84. The first kappa shape index (κ1) is 19.7. The molecule has 0 spiro atoms. The molecule has 0 radical (unpaired) electrons. The maximum atomic E-state index is 11.2. The van der Waals surface area contributed by atoms with Gasteiger partial charge in [-0.15, -0.1) is 0 Å². The minimum atomic E-state index is -2.22. The molecular formula is C10H19NO10. The lowest BCUT2D eigenvalue weighted by atomic mass is 10.0. The Morgan fingerprint density at radius 1 is 0.905 bits per heavy atom. The summed E-state index contributed by atoms with van der Waals surface area (Å²) in [4.78, 5) is 25.6. The van der Waals surface area contributed by atoms with Crippen molar-refractivity contribution in [3.63, 3.8) is 0 Å². The normalized spacial score (nSPS) is 18.2. The van der Waals surface area contributed by atoms with E-state index in [2.05, 4.69) is 15.5 Å². The van der Waals surface area contributed by atoms with Gasteiger partial charge in [-0.1, -0.05) is 0 Å². The van der Waals surface area contributed by atoms with Crippen LogP contribution in [-0.2, 0) is 19.2 Å². The van der Waals surface area contributed by atoms with Gasteiger partial charge in [0.05, 0.1) is 19.4 Å². The zero-order valence-electron chi connectivity index (χ0n) is 10.9. The van der Waals surface area contributed by atoms with Gasteiger partial charge in [-0.05, 0) is 0 Å². The summed E-state index contributed by atoms with van der Waals surface area (Å²) in [7, 11) is 0. The Morgan fingerprint density at radius 3 is 1.90 bits per heavy atom. The third-order valence-corrected chi connectivity index (χ3v) is 2.49. The van der Waals surface area contributed by atoms with E-state index in [0.717, 1.165) is 0 Å². The number of hydrogen-bond acceptors (Lipinski definition) is 11.